The summed E-state index contributed by atoms with van der Waals surface area (Å²) >= 11 is 0. The molecule has 6 nitrogen and oxygen atoms in total. The average molecular weight is 295 g/mol. The Morgan fingerprint density at radius 1 is 1.36 bits per heavy atom. The van der Waals surface area contributed by atoms with E-state index in [1.165, 1.54) is 0 Å². The summed E-state index contributed by atoms with van der Waals surface area (Å²) in [5.74, 6) is 0.745. The second-order valence-corrected chi connectivity index (χ2v) is 5.13. The van der Waals surface area contributed by atoms with Gasteiger partial charge in [-0.2, -0.15) is 0 Å². The van der Waals surface area contributed by atoms with Gasteiger partial charge >= 0.3 is 0 Å². The van der Waals surface area contributed by atoms with Crippen LogP contribution >= 0.6 is 0 Å². The van der Waals surface area contributed by atoms with E-state index < -0.39 is 0 Å². The molecule has 3 aromatic rings. The van der Waals surface area contributed by atoms with E-state index in [0.717, 1.165) is 11.4 Å². The van der Waals surface area contributed by atoms with Crippen LogP contribution in [0.2, 0.25) is 0 Å². The van der Waals surface area contributed by atoms with Crippen molar-refractivity contribution in [3.63, 3.8) is 0 Å². The van der Waals surface area contributed by atoms with Crippen LogP contribution in [0.5, 0.6) is 0 Å². The van der Waals surface area contributed by atoms with Gasteiger partial charge in [0.05, 0.1) is 12.9 Å². The minimum atomic E-state index is -0.0242. The Bertz CT molecular complexity index is 734. The molecule has 3 rings (SSSR count). The minimum Gasteiger partial charge on any atom is -0.347 e. The van der Waals surface area contributed by atoms with Crippen LogP contribution in [0.15, 0.2) is 55.4 Å². The molecule has 6 heteroatoms. The van der Waals surface area contributed by atoms with E-state index in [0.29, 0.717) is 18.7 Å². The summed E-state index contributed by atoms with van der Waals surface area (Å²) in [6, 6.07) is 7.66. The van der Waals surface area contributed by atoms with Crippen molar-refractivity contribution < 1.29 is 4.79 Å². The number of nitrogens with one attached hydrogen (secondary N) is 1. The fourth-order valence-corrected chi connectivity index (χ4v) is 2.30. The number of hydrogen-bond acceptors (Lipinski definition) is 3. The van der Waals surface area contributed by atoms with Crippen LogP contribution in [0.4, 0.5) is 0 Å². The topological polar surface area (TPSA) is 66.8 Å². The Labute approximate surface area is 128 Å². The molecule has 0 bridgehead atoms. The van der Waals surface area contributed by atoms with Crippen LogP contribution in [0.3, 0.4) is 0 Å². The van der Waals surface area contributed by atoms with E-state index in [2.05, 4.69) is 15.0 Å². The number of benzene rings is 1. The lowest BCUT2D eigenvalue weighted by molar-refractivity contribution is 0.0781. The average Bonchev–Trinajstić information content (AvgIpc) is 3.20. The van der Waals surface area contributed by atoms with E-state index in [1.807, 2.05) is 35.0 Å². The molecule has 2 aromatic heterocycles. The summed E-state index contributed by atoms with van der Waals surface area (Å²) in [5.41, 5.74) is 1.74. The van der Waals surface area contributed by atoms with E-state index in [1.54, 1.807) is 36.9 Å². The summed E-state index contributed by atoms with van der Waals surface area (Å²) in [6.45, 7) is 1.15. The van der Waals surface area contributed by atoms with Crippen molar-refractivity contribution in [2.75, 3.05) is 7.05 Å². The molecular weight excluding hydrogens is 278 g/mol. The van der Waals surface area contributed by atoms with Gasteiger partial charge in [0.25, 0.3) is 5.91 Å². The highest BCUT2D eigenvalue weighted by Crippen LogP contribution is 2.10. The molecule has 22 heavy (non-hydrogen) atoms. The Hall–Kier alpha value is -2.89. The first-order valence-corrected chi connectivity index (χ1v) is 7.01. The first-order chi connectivity index (χ1) is 10.7. The molecule has 112 valence electrons. The maximum atomic E-state index is 12.5. The molecule has 0 spiro atoms. The largest absolute Gasteiger partial charge is 0.347 e. The van der Waals surface area contributed by atoms with Crippen molar-refractivity contribution in [2.24, 2.45) is 0 Å². The van der Waals surface area contributed by atoms with Crippen LogP contribution in [-0.4, -0.2) is 37.4 Å². The number of imidazole rings is 2. The first-order valence-electron chi connectivity index (χ1n) is 7.01. The number of carbonyl (C=O) groups is 1. The van der Waals surface area contributed by atoms with Crippen molar-refractivity contribution in [3.05, 3.63) is 72.3 Å². The lowest BCUT2D eigenvalue weighted by atomic mass is 10.1. The molecule has 0 saturated carbocycles. The molecule has 0 unspecified atom stereocenters. The molecule has 0 radical (unpaired) electrons. The number of amides is 1. The Kier molecular flexibility index (Phi) is 4.00. The zero-order valence-electron chi connectivity index (χ0n) is 12.3. The maximum Gasteiger partial charge on any atom is 0.254 e. The van der Waals surface area contributed by atoms with E-state index in [9.17, 15) is 4.79 Å². The number of carbonyl (C=O) groups excluding carboxylic acids is 1. The van der Waals surface area contributed by atoms with Gasteiger partial charge in [-0.05, 0) is 17.7 Å². The number of H-pyrrole nitrogens is 1. The van der Waals surface area contributed by atoms with Crippen molar-refractivity contribution in [3.8, 4) is 0 Å². The van der Waals surface area contributed by atoms with Gasteiger partial charge in [-0.1, -0.05) is 12.1 Å². The Morgan fingerprint density at radius 2 is 2.27 bits per heavy atom. The van der Waals surface area contributed by atoms with Crippen molar-refractivity contribution in [1.82, 2.24) is 24.4 Å². The molecule has 0 aliphatic heterocycles. The van der Waals surface area contributed by atoms with Gasteiger partial charge in [0.1, 0.15) is 5.82 Å². The molecule has 2 heterocycles. The molecule has 0 aliphatic carbocycles. The highest BCUT2D eigenvalue weighted by molar-refractivity contribution is 5.94. The molecule has 1 amide bonds. The van der Waals surface area contributed by atoms with Gasteiger partial charge in [0.15, 0.2) is 0 Å². The van der Waals surface area contributed by atoms with Crippen molar-refractivity contribution in [1.29, 1.82) is 0 Å². The highest BCUT2D eigenvalue weighted by atomic mass is 16.2. The predicted molar refractivity (Wildman–Crippen MR) is 82.2 cm³/mol. The Morgan fingerprint density at radius 3 is 3.00 bits per heavy atom. The predicted octanol–water partition coefficient (Wildman–Crippen LogP) is 1.93. The molecule has 0 saturated heterocycles. The third-order valence-electron chi connectivity index (χ3n) is 3.39. The molecule has 1 N–H and O–H groups in total. The van der Waals surface area contributed by atoms with Crippen molar-refractivity contribution >= 4 is 5.91 Å². The van der Waals surface area contributed by atoms with Gasteiger partial charge in [-0.3, -0.25) is 4.79 Å². The van der Waals surface area contributed by atoms with Gasteiger partial charge in [-0.15, -0.1) is 0 Å². The van der Waals surface area contributed by atoms with Crippen LogP contribution in [0.1, 0.15) is 21.7 Å². The van der Waals surface area contributed by atoms with Gasteiger partial charge in [0, 0.05) is 43.9 Å². The molecule has 1 aromatic carbocycles. The third-order valence-corrected chi connectivity index (χ3v) is 3.39. The monoisotopic (exact) mass is 295 g/mol. The molecular formula is C16H17N5O. The first kappa shape index (κ1) is 14.1. The van der Waals surface area contributed by atoms with Gasteiger partial charge < -0.3 is 14.5 Å². The fourth-order valence-electron chi connectivity index (χ4n) is 2.30. The zero-order chi connectivity index (χ0) is 15.4. The van der Waals surface area contributed by atoms with Crippen LogP contribution in [0, 0.1) is 0 Å². The van der Waals surface area contributed by atoms with Gasteiger partial charge in [-0.25, -0.2) is 9.97 Å². The van der Waals surface area contributed by atoms with Gasteiger partial charge in [0.2, 0.25) is 0 Å². The lowest BCUT2D eigenvalue weighted by Gasteiger charge is -2.16. The third kappa shape index (κ3) is 3.22. The summed E-state index contributed by atoms with van der Waals surface area (Å²) in [6.07, 6.45) is 8.83. The van der Waals surface area contributed by atoms with Crippen LogP contribution < -0.4 is 0 Å². The summed E-state index contributed by atoms with van der Waals surface area (Å²) in [5, 5.41) is 0. The number of nitrogens with zero attached hydrogens (tertiary/aromatic N) is 4. The minimum absolute atomic E-state index is 0.0242. The quantitative estimate of drug-likeness (QED) is 0.782. The summed E-state index contributed by atoms with van der Waals surface area (Å²) in [4.78, 5) is 25.3. The Balaban J connectivity index is 1.72. The van der Waals surface area contributed by atoms with Crippen LogP contribution in [-0.2, 0) is 13.1 Å². The highest BCUT2D eigenvalue weighted by Gasteiger charge is 2.13. The fraction of sp³-hybridized carbons (Fsp3) is 0.188. The molecule has 0 fully saturated rings. The summed E-state index contributed by atoms with van der Waals surface area (Å²) in [7, 11) is 1.77. The number of aromatic amines is 1. The van der Waals surface area contributed by atoms with E-state index >= 15 is 0 Å². The summed E-state index contributed by atoms with van der Waals surface area (Å²) < 4.78 is 1.97. The lowest BCUT2D eigenvalue weighted by Crippen LogP contribution is -2.26. The zero-order valence-corrected chi connectivity index (χ0v) is 12.3. The maximum absolute atomic E-state index is 12.5. The number of aromatic nitrogens is 4. The normalized spacial score (nSPS) is 10.6. The second kappa shape index (κ2) is 6.26. The number of hydrogen-bond donors (Lipinski definition) is 1. The van der Waals surface area contributed by atoms with Crippen LogP contribution in [0.25, 0.3) is 0 Å². The van der Waals surface area contributed by atoms with E-state index in [4.69, 9.17) is 0 Å². The SMILES string of the molecule is CN(Cc1ncc[nH]1)C(=O)c1cccc(Cn2ccnc2)c1. The smallest absolute Gasteiger partial charge is 0.254 e. The molecule has 0 atom stereocenters. The van der Waals surface area contributed by atoms with Crippen molar-refractivity contribution in [2.45, 2.75) is 13.1 Å². The molecule has 0 aliphatic rings. The standard InChI is InChI=1S/C16H17N5O/c1-20(11-15-18-5-6-19-15)16(22)14-4-2-3-13(9-14)10-21-8-7-17-12-21/h2-9,12H,10-11H2,1H3,(H,18,19). The second-order valence-electron chi connectivity index (χ2n) is 5.13. The number of rotatable bonds is 5. The van der Waals surface area contributed by atoms with E-state index in [-0.39, 0.29) is 5.91 Å².